The number of rotatable bonds is 6. The number of aromatic nitrogens is 1. The summed E-state index contributed by atoms with van der Waals surface area (Å²) >= 11 is 3.40. The molecule has 0 aromatic carbocycles. The second-order valence-corrected chi connectivity index (χ2v) is 5.17. The van der Waals surface area contributed by atoms with Gasteiger partial charge in [0.15, 0.2) is 0 Å². The molecule has 1 unspecified atom stereocenters. The van der Waals surface area contributed by atoms with Crippen LogP contribution in [0, 0.1) is 6.92 Å². The first-order valence-corrected chi connectivity index (χ1v) is 6.98. The standard InChI is InChI=1S/C13H20BrN3O/c1-4-9(2)16-13(18)7-8-15-12-6-5-11(14)10(3)17-12/h5-6,9H,4,7-8H2,1-3H3,(H,15,17)(H,16,18). The quantitative estimate of drug-likeness (QED) is 0.849. The molecule has 0 spiro atoms. The Labute approximate surface area is 117 Å². The molecule has 0 aliphatic heterocycles. The lowest BCUT2D eigenvalue weighted by Crippen LogP contribution is -2.33. The summed E-state index contributed by atoms with van der Waals surface area (Å²) < 4.78 is 0.988. The normalized spacial score (nSPS) is 12.0. The van der Waals surface area contributed by atoms with Crippen molar-refractivity contribution in [3.63, 3.8) is 0 Å². The van der Waals surface area contributed by atoms with Gasteiger partial charge in [0.05, 0.1) is 5.69 Å². The largest absolute Gasteiger partial charge is 0.370 e. The molecule has 0 radical (unpaired) electrons. The fourth-order valence-electron chi connectivity index (χ4n) is 1.40. The summed E-state index contributed by atoms with van der Waals surface area (Å²) in [6, 6.07) is 4.08. The molecule has 1 aromatic heterocycles. The number of carbonyl (C=O) groups excluding carboxylic acids is 1. The van der Waals surface area contributed by atoms with Gasteiger partial charge < -0.3 is 10.6 Å². The second kappa shape index (κ2) is 7.36. The molecule has 1 aromatic rings. The Morgan fingerprint density at radius 3 is 2.83 bits per heavy atom. The van der Waals surface area contributed by atoms with Gasteiger partial charge in [0.2, 0.25) is 5.91 Å². The Bertz CT molecular complexity index is 409. The van der Waals surface area contributed by atoms with E-state index in [9.17, 15) is 4.79 Å². The summed E-state index contributed by atoms with van der Waals surface area (Å²) in [7, 11) is 0. The summed E-state index contributed by atoms with van der Waals surface area (Å²) in [5.41, 5.74) is 0.934. The van der Waals surface area contributed by atoms with Crippen molar-refractivity contribution in [2.24, 2.45) is 0 Å². The van der Waals surface area contributed by atoms with Gasteiger partial charge in [-0.05, 0) is 48.3 Å². The van der Waals surface area contributed by atoms with Crippen molar-refractivity contribution >= 4 is 27.7 Å². The van der Waals surface area contributed by atoms with Crippen molar-refractivity contribution in [1.82, 2.24) is 10.3 Å². The van der Waals surface area contributed by atoms with Gasteiger partial charge in [-0.2, -0.15) is 0 Å². The number of amides is 1. The van der Waals surface area contributed by atoms with Crippen LogP contribution in [0.1, 0.15) is 32.4 Å². The molecule has 0 aliphatic carbocycles. The molecule has 1 amide bonds. The van der Waals surface area contributed by atoms with E-state index in [-0.39, 0.29) is 11.9 Å². The highest BCUT2D eigenvalue weighted by Gasteiger charge is 2.05. The van der Waals surface area contributed by atoms with Gasteiger partial charge >= 0.3 is 0 Å². The van der Waals surface area contributed by atoms with Crippen LogP contribution in [0.5, 0.6) is 0 Å². The third-order valence-corrected chi connectivity index (χ3v) is 3.54. The Balaban J connectivity index is 2.33. The Morgan fingerprint density at radius 1 is 1.50 bits per heavy atom. The lowest BCUT2D eigenvalue weighted by molar-refractivity contribution is -0.121. The van der Waals surface area contributed by atoms with E-state index < -0.39 is 0 Å². The number of carbonyl (C=O) groups is 1. The topological polar surface area (TPSA) is 54.0 Å². The van der Waals surface area contributed by atoms with Gasteiger partial charge in [-0.15, -0.1) is 0 Å². The zero-order valence-corrected chi connectivity index (χ0v) is 12.7. The van der Waals surface area contributed by atoms with Crippen LogP contribution in [0.15, 0.2) is 16.6 Å². The van der Waals surface area contributed by atoms with E-state index in [1.165, 1.54) is 0 Å². The van der Waals surface area contributed by atoms with Crippen LogP contribution < -0.4 is 10.6 Å². The molecule has 1 atom stereocenters. The molecule has 0 fully saturated rings. The third kappa shape index (κ3) is 5.04. The number of pyridine rings is 1. The molecular weight excluding hydrogens is 294 g/mol. The molecule has 0 saturated carbocycles. The molecule has 1 rings (SSSR count). The van der Waals surface area contributed by atoms with Gasteiger partial charge in [0, 0.05) is 23.5 Å². The minimum atomic E-state index is 0.0747. The fourth-order valence-corrected chi connectivity index (χ4v) is 1.62. The highest BCUT2D eigenvalue weighted by atomic mass is 79.9. The van der Waals surface area contributed by atoms with E-state index in [1.807, 2.05) is 26.0 Å². The highest BCUT2D eigenvalue weighted by molar-refractivity contribution is 9.10. The van der Waals surface area contributed by atoms with Crippen LogP contribution >= 0.6 is 15.9 Å². The maximum Gasteiger partial charge on any atom is 0.221 e. The monoisotopic (exact) mass is 313 g/mol. The number of halogens is 1. The first kappa shape index (κ1) is 15.0. The van der Waals surface area contributed by atoms with Gasteiger partial charge in [-0.3, -0.25) is 4.79 Å². The van der Waals surface area contributed by atoms with E-state index in [1.54, 1.807) is 0 Å². The smallest absolute Gasteiger partial charge is 0.221 e. The fraction of sp³-hybridized carbons (Fsp3) is 0.538. The van der Waals surface area contributed by atoms with Crippen LogP contribution in [0.3, 0.4) is 0 Å². The lowest BCUT2D eigenvalue weighted by atomic mass is 10.2. The zero-order chi connectivity index (χ0) is 13.5. The molecular formula is C13H20BrN3O. The summed E-state index contributed by atoms with van der Waals surface area (Å²) in [4.78, 5) is 15.9. The van der Waals surface area contributed by atoms with E-state index in [0.717, 1.165) is 22.4 Å². The number of hydrogen-bond donors (Lipinski definition) is 2. The summed E-state index contributed by atoms with van der Waals surface area (Å²) in [5, 5.41) is 6.07. The predicted molar refractivity (Wildman–Crippen MR) is 77.7 cm³/mol. The minimum Gasteiger partial charge on any atom is -0.370 e. The molecule has 1 heterocycles. The van der Waals surface area contributed by atoms with E-state index >= 15 is 0 Å². The van der Waals surface area contributed by atoms with Gasteiger partial charge in [0.1, 0.15) is 5.82 Å². The molecule has 100 valence electrons. The van der Waals surface area contributed by atoms with Gasteiger partial charge in [0.25, 0.3) is 0 Å². The molecule has 2 N–H and O–H groups in total. The SMILES string of the molecule is CCC(C)NC(=O)CCNc1ccc(Br)c(C)n1. The third-order valence-electron chi connectivity index (χ3n) is 2.70. The molecule has 4 nitrogen and oxygen atoms in total. The Kier molecular flexibility index (Phi) is 6.12. The number of nitrogens with one attached hydrogen (secondary N) is 2. The predicted octanol–water partition coefficient (Wildman–Crippen LogP) is 2.87. The van der Waals surface area contributed by atoms with Crippen LogP contribution in [0.2, 0.25) is 0 Å². The number of anilines is 1. The first-order valence-electron chi connectivity index (χ1n) is 6.19. The maximum atomic E-state index is 11.5. The molecule has 0 bridgehead atoms. The number of hydrogen-bond acceptors (Lipinski definition) is 3. The molecule has 18 heavy (non-hydrogen) atoms. The second-order valence-electron chi connectivity index (χ2n) is 4.32. The minimum absolute atomic E-state index is 0.0747. The first-order chi connectivity index (χ1) is 8.52. The molecule has 0 saturated heterocycles. The van der Waals surface area contributed by atoms with E-state index in [2.05, 4.69) is 38.5 Å². The van der Waals surface area contributed by atoms with Gasteiger partial charge in [-0.25, -0.2) is 4.98 Å². The van der Waals surface area contributed by atoms with Crippen LogP contribution in [-0.4, -0.2) is 23.5 Å². The highest BCUT2D eigenvalue weighted by Crippen LogP contribution is 2.15. The van der Waals surface area contributed by atoms with Crippen LogP contribution in [0.25, 0.3) is 0 Å². The maximum absolute atomic E-state index is 11.5. The van der Waals surface area contributed by atoms with Crippen LogP contribution in [-0.2, 0) is 4.79 Å². The van der Waals surface area contributed by atoms with Gasteiger partial charge in [-0.1, -0.05) is 6.92 Å². The van der Waals surface area contributed by atoms with E-state index in [0.29, 0.717) is 13.0 Å². The molecule has 0 aliphatic rings. The van der Waals surface area contributed by atoms with Crippen molar-refractivity contribution < 1.29 is 4.79 Å². The number of nitrogens with zero attached hydrogens (tertiary/aromatic N) is 1. The molecule has 5 heteroatoms. The van der Waals surface area contributed by atoms with Crippen molar-refractivity contribution in [2.75, 3.05) is 11.9 Å². The summed E-state index contributed by atoms with van der Waals surface area (Å²) in [6.45, 7) is 6.59. The zero-order valence-electron chi connectivity index (χ0n) is 11.1. The van der Waals surface area contributed by atoms with Crippen molar-refractivity contribution in [3.05, 3.63) is 22.3 Å². The van der Waals surface area contributed by atoms with Crippen molar-refractivity contribution in [3.8, 4) is 0 Å². The average molecular weight is 314 g/mol. The van der Waals surface area contributed by atoms with E-state index in [4.69, 9.17) is 0 Å². The Morgan fingerprint density at radius 2 is 2.22 bits per heavy atom. The lowest BCUT2D eigenvalue weighted by Gasteiger charge is -2.12. The Hall–Kier alpha value is -1.10. The number of aryl methyl sites for hydroxylation is 1. The van der Waals surface area contributed by atoms with Crippen molar-refractivity contribution in [1.29, 1.82) is 0 Å². The summed E-state index contributed by atoms with van der Waals surface area (Å²) in [5.74, 6) is 0.873. The van der Waals surface area contributed by atoms with Crippen molar-refractivity contribution in [2.45, 2.75) is 39.7 Å². The average Bonchev–Trinajstić information content (AvgIpc) is 2.33. The van der Waals surface area contributed by atoms with Crippen LogP contribution in [0.4, 0.5) is 5.82 Å². The summed E-state index contributed by atoms with van der Waals surface area (Å²) in [6.07, 6.45) is 1.41.